The van der Waals surface area contributed by atoms with Crippen molar-refractivity contribution in [2.75, 3.05) is 64.7 Å². The molecule has 0 aliphatic heterocycles. The molecular formula is C56H71N13O13. The first-order valence-electron chi connectivity index (χ1n) is 27.0. The number of benzene rings is 2. The lowest BCUT2D eigenvalue weighted by atomic mass is 10.1. The maximum atomic E-state index is 14.0. The first-order chi connectivity index (χ1) is 39.3. The molecule has 26 nitrogen and oxygen atoms in total. The molecule has 0 saturated carbocycles. The van der Waals surface area contributed by atoms with Gasteiger partial charge in [-0.1, -0.05) is 12.2 Å². The van der Waals surface area contributed by atoms with Crippen LogP contribution in [0.5, 0.6) is 11.5 Å². The zero-order valence-electron chi connectivity index (χ0n) is 47.5. The summed E-state index contributed by atoms with van der Waals surface area (Å²) < 4.78 is 46.6. The van der Waals surface area contributed by atoms with Gasteiger partial charge in [-0.3, -0.25) is 38.7 Å². The van der Waals surface area contributed by atoms with Gasteiger partial charge in [0.25, 0.3) is 5.91 Å². The number of nitrogens with two attached hydrogens (primary N) is 2. The fourth-order valence-corrected chi connectivity index (χ4v) is 8.77. The number of imidazole rings is 1. The Bertz CT molecular complexity index is 3480. The van der Waals surface area contributed by atoms with Crippen molar-refractivity contribution in [2.24, 2.45) is 11.5 Å². The lowest BCUT2D eigenvalue weighted by Crippen LogP contribution is -2.27. The molecule has 0 bridgehead atoms. The summed E-state index contributed by atoms with van der Waals surface area (Å²) in [5.41, 5.74) is 15.6. The van der Waals surface area contributed by atoms with E-state index in [1.807, 2.05) is 48.2 Å². The van der Waals surface area contributed by atoms with E-state index in [1.54, 1.807) is 68.3 Å². The molecule has 0 aliphatic rings. The van der Waals surface area contributed by atoms with E-state index in [0.717, 1.165) is 5.69 Å². The van der Waals surface area contributed by atoms with Crippen LogP contribution in [0.25, 0.3) is 44.5 Å². The lowest BCUT2D eigenvalue weighted by molar-refractivity contribution is -0.156. The Kier molecular flexibility index (Phi) is 20.7. The van der Waals surface area contributed by atoms with Gasteiger partial charge in [-0.2, -0.15) is 10.2 Å². The minimum atomic E-state index is -0.749. The highest BCUT2D eigenvalue weighted by Gasteiger charge is 2.24. The fourth-order valence-electron chi connectivity index (χ4n) is 8.77. The summed E-state index contributed by atoms with van der Waals surface area (Å²) in [4.78, 5) is 90.4. The van der Waals surface area contributed by atoms with Gasteiger partial charge in [-0.25, -0.2) is 19.7 Å². The summed E-state index contributed by atoms with van der Waals surface area (Å²) in [6, 6.07) is 9.80. The van der Waals surface area contributed by atoms with Crippen molar-refractivity contribution in [3.63, 3.8) is 0 Å². The van der Waals surface area contributed by atoms with Crippen molar-refractivity contribution in [1.29, 1.82) is 0 Å². The Hall–Kier alpha value is -8.91. The number of fused-ring (bicyclic) bond motifs is 4. The number of primary amides is 2. The third-order valence-electron chi connectivity index (χ3n) is 12.3. The number of anilines is 1. The van der Waals surface area contributed by atoms with Crippen molar-refractivity contribution in [1.82, 2.24) is 49.0 Å². The van der Waals surface area contributed by atoms with Crippen molar-refractivity contribution >= 4 is 74.7 Å². The van der Waals surface area contributed by atoms with Gasteiger partial charge in [0, 0.05) is 67.2 Å². The largest absolute Gasteiger partial charge is 0.491 e. The van der Waals surface area contributed by atoms with Crippen molar-refractivity contribution in [3.8, 4) is 23.0 Å². The van der Waals surface area contributed by atoms with Crippen LogP contribution >= 0.6 is 0 Å². The standard InChI is InChI=1S/C56H71N13O13/c1-9-68-41(27-34(4)64-68)51-60-33-39-38-29-36(49(57)72)31-43(80-26-25-77-24-23-76-22-16-46(71)82-56(6,7)8)47(38)66(52(39)62-51)18-12-13-19-67-48-40(61-54(67)63-53(74)42-28-35(5)65-69(42)10-2)30-37(50(58)73)32-44(48)79-20-14-21-81-55(75)59-17-15-45(70)78-11-3/h12-13,27-33H,9-11,14-26H2,1-8H3,(H2,57,72)(H2,58,73)(H,59,75)(H,61,63,74)/b13-12+. The number of aromatic nitrogens is 9. The molecule has 5 heterocycles. The van der Waals surface area contributed by atoms with E-state index >= 15 is 0 Å². The topological polar surface area (TPSA) is 327 Å². The van der Waals surface area contributed by atoms with E-state index in [-0.39, 0.29) is 126 Å². The smallest absolute Gasteiger partial charge is 0.407 e. The van der Waals surface area contributed by atoms with Crippen LogP contribution in [0.3, 0.4) is 0 Å². The number of rotatable bonds is 30. The number of hydrogen-bond acceptors (Lipinski definition) is 18. The molecule has 0 radical (unpaired) electrons. The Labute approximate surface area is 472 Å². The maximum absolute atomic E-state index is 14.0. The van der Waals surface area contributed by atoms with E-state index < -0.39 is 35.4 Å². The number of hydrogen-bond donors (Lipinski definition) is 4. The Morgan fingerprint density at radius 2 is 1.32 bits per heavy atom. The second-order valence-electron chi connectivity index (χ2n) is 19.7. The quantitative estimate of drug-likeness (QED) is 0.0175. The van der Waals surface area contributed by atoms with Gasteiger partial charge < -0.3 is 59.1 Å². The third-order valence-corrected chi connectivity index (χ3v) is 12.3. The van der Waals surface area contributed by atoms with Crippen LogP contribution in [0.2, 0.25) is 0 Å². The lowest BCUT2D eigenvalue weighted by Gasteiger charge is -2.19. The van der Waals surface area contributed by atoms with Crippen LogP contribution < -0.4 is 31.6 Å². The van der Waals surface area contributed by atoms with Gasteiger partial charge >= 0.3 is 18.0 Å². The summed E-state index contributed by atoms with van der Waals surface area (Å²) >= 11 is 0. The molecule has 2 aromatic carbocycles. The van der Waals surface area contributed by atoms with Crippen LogP contribution in [0.1, 0.15) is 103 Å². The number of aryl methyl sites for hydroxylation is 4. The van der Waals surface area contributed by atoms with Gasteiger partial charge in [-0.15, -0.1) is 0 Å². The molecule has 26 heteroatoms. The predicted octanol–water partition coefficient (Wildman–Crippen LogP) is 5.95. The minimum absolute atomic E-state index is 0.0134. The monoisotopic (exact) mass is 1130 g/mol. The van der Waals surface area contributed by atoms with Gasteiger partial charge in [0.2, 0.25) is 17.8 Å². The highest BCUT2D eigenvalue weighted by atomic mass is 16.6. The number of nitrogens with zero attached hydrogens (tertiary/aromatic N) is 9. The molecule has 438 valence electrons. The van der Waals surface area contributed by atoms with Crippen molar-refractivity contribution < 1.29 is 61.9 Å². The number of amides is 4. The van der Waals surface area contributed by atoms with Crippen LogP contribution in [-0.4, -0.2) is 144 Å². The van der Waals surface area contributed by atoms with Gasteiger partial charge in [0.15, 0.2) is 5.82 Å². The van der Waals surface area contributed by atoms with Crippen LogP contribution in [-0.2, 0) is 59.5 Å². The van der Waals surface area contributed by atoms with Crippen molar-refractivity contribution in [3.05, 3.63) is 83.0 Å². The van der Waals surface area contributed by atoms with Gasteiger partial charge in [0.05, 0.1) is 81.5 Å². The molecule has 6 N–H and O–H groups in total. The first kappa shape index (κ1) is 60.7. The molecule has 7 rings (SSSR count). The van der Waals surface area contributed by atoms with E-state index in [2.05, 4.69) is 20.8 Å². The molecule has 0 atom stereocenters. The molecule has 0 spiro atoms. The molecular weight excluding hydrogens is 1060 g/mol. The van der Waals surface area contributed by atoms with E-state index in [9.17, 15) is 28.8 Å². The van der Waals surface area contributed by atoms with E-state index in [1.165, 1.54) is 12.1 Å². The number of carbonyl (C=O) groups is 6. The normalized spacial score (nSPS) is 11.7. The summed E-state index contributed by atoms with van der Waals surface area (Å²) in [7, 11) is 0. The molecule has 0 unspecified atom stereocenters. The number of nitrogens with one attached hydrogen (secondary N) is 2. The molecule has 0 aliphatic carbocycles. The second kappa shape index (κ2) is 28.0. The van der Waals surface area contributed by atoms with Crippen molar-refractivity contribution in [2.45, 2.75) is 106 Å². The van der Waals surface area contributed by atoms with Crippen LogP contribution in [0, 0.1) is 13.8 Å². The minimum Gasteiger partial charge on any atom is -0.491 e. The van der Waals surface area contributed by atoms with E-state index in [4.69, 9.17) is 59.6 Å². The van der Waals surface area contributed by atoms with Gasteiger partial charge in [-0.05, 0) is 91.8 Å². The molecule has 4 amide bonds. The SMILES string of the molecule is CCOC(=O)CCNC(=O)OCCCOc1cc(C(N)=O)cc2nc(NC(=O)c3cc(C)nn3CC)n(C/C=C/Cn3c4nc(-c5cc(C)nn5CC)ncc4c4cc(C(N)=O)cc(OCCOCCOCCC(=O)OC(C)(C)C)c43)c12. The highest BCUT2D eigenvalue weighted by molar-refractivity contribution is 6.12. The molecule has 0 fully saturated rings. The predicted molar refractivity (Wildman–Crippen MR) is 301 cm³/mol. The Morgan fingerprint density at radius 1 is 0.671 bits per heavy atom. The Morgan fingerprint density at radius 3 is 2.01 bits per heavy atom. The van der Waals surface area contributed by atoms with Crippen LogP contribution in [0.4, 0.5) is 10.7 Å². The number of carbonyl (C=O) groups excluding carboxylic acids is 6. The number of allylic oxidation sites excluding steroid dienone is 2. The summed E-state index contributed by atoms with van der Waals surface area (Å²) in [5.74, 6) is -1.67. The van der Waals surface area contributed by atoms with Crippen LogP contribution in [0.15, 0.2) is 54.7 Å². The highest BCUT2D eigenvalue weighted by Crippen LogP contribution is 2.37. The average Bonchev–Trinajstić information content (AvgIpc) is 3.11. The molecule has 0 saturated heterocycles. The summed E-state index contributed by atoms with van der Waals surface area (Å²) in [5, 5.41) is 15.7. The zero-order valence-corrected chi connectivity index (χ0v) is 47.5. The third kappa shape index (κ3) is 15.7. The maximum Gasteiger partial charge on any atom is 0.407 e. The van der Waals surface area contributed by atoms with E-state index in [0.29, 0.717) is 69.2 Å². The fraction of sp³-hybridized carbons (Fsp3) is 0.446. The average molecular weight is 1130 g/mol. The molecule has 7 aromatic rings. The summed E-state index contributed by atoms with van der Waals surface area (Å²) in [6.45, 7) is 16.9. The molecule has 82 heavy (non-hydrogen) atoms. The number of esters is 2. The molecule has 5 aromatic heterocycles. The summed E-state index contributed by atoms with van der Waals surface area (Å²) in [6.07, 6.45) is 5.03. The number of alkyl carbamates (subject to hydrolysis) is 1. The Balaban J connectivity index is 1.20. The first-order valence-corrected chi connectivity index (χ1v) is 27.0. The van der Waals surface area contributed by atoms with Gasteiger partial charge in [0.1, 0.15) is 46.3 Å². The zero-order chi connectivity index (χ0) is 59.1. The second-order valence-corrected chi connectivity index (χ2v) is 19.7. The number of ether oxygens (including phenoxy) is 7.